The third-order valence-electron chi connectivity index (χ3n) is 11.2. The number of phosphoric acid groups is 2. The van der Waals surface area contributed by atoms with Crippen molar-refractivity contribution in [1.82, 2.24) is 10.6 Å². The molecule has 0 amide bonds. The van der Waals surface area contributed by atoms with Gasteiger partial charge in [0.1, 0.15) is 0 Å². The standard InChI is InChI=1S/C29H44NO7P.C21H28NO7P/c1-11-30-23-15-13-20-17-24(32-8)26(33-9)27(34-10)25(20)21-14-12-19(16-22(21)23)18-35-38(31,36-28(2,3)4)37-29(5,6)7;1-5-22-17-9-7-14-11-18(26-2)20(27-3)21(28-4)19(14)15-8-6-13(10-16(15)17)12-29-30(23,24)25/h12,14,16-17,23,30H,11,13,15,18H2,1-10H3;6,8,10-11,17,22H,5,7,9,12H2,1-4H3,(H2,23,24,25)/p-1/t23-;17-/m00/s1. The van der Waals surface area contributed by atoms with Crippen molar-refractivity contribution in [3.05, 3.63) is 81.9 Å². The Morgan fingerprint density at radius 2 is 0.971 bits per heavy atom. The second-order valence-corrected chi connectivity index (χ2v) is 21.1. The molecule has 2 aliphatic rings. The van der Waals surface area contributed by atoms with Crippen molar-refractivity contribution < 1.29 is 65.4 Å². The molecule has 4 aromatic rings. The summed E-state index contributed by atoms with van der Waals surface area (Å²) in [6.45, 7) is 16.5. The summed E-state index contributed by atoms with van der Waals surface area (Å²) in [5.74, 6) is 3.57. The van der Waals surface area contributed by atoms with Crippen molar-refractivity contribution in [1.29, 1.82) is 0 Å². The first-order valence-corrected chi connectivity index (χ1v) is 25.7. The van der Waals surface area contributed by atoms with Gasteiger partial charge in [0.15, 0.2) is 23.0 Å². The molecule has 0 radical (unpaired) electrons. The van der Waals surface area contributed by atoms with Gasteiger partial charge in [0.2, 0.25) is 11.5 Å². The fraction of sp³-hybridized carbons (Fsp3) is 0.520. The summed E-state index contributed by atoms with van der Waals surface area (Å²) in [5.41, 5.74) is 8.35. The van der Waals surface area contributed by atoms with Gasteiger partial charge in [-0.1, -0.05) is 50.2 Å². The quantitative estimate of drug-likeness (QED) is 0.0797. The number of ether oxygens (including phenoxy) is 6. The van der Waals surface area contributed by atoms with Crippen LogP contribution in [-0.2, 0) is 53.3 Å². The molecule has 4 aromatic carbocycles. The number of rotatable bonds is 18. The average Bonchev–Trinajstić information content (AvgIpc) is 3.52. The van der Waals surface area contributed by atoms with E-state index in [0.29, 0.717) is 40.1 Å². The van der Waals surface area contributed by atoms with Crippen LogP contribution in [0.1, 0.15) is 114 Å². The van der Waals surface area contributed by atoms with Crippen LogP contribution in [0.3, 0.4) is 0 Å². The van der Waals surface area contributed by atoms with E-state index >= 15 is 0 Å². The van der Waals surface area contributed by atoms with Crippen molar-refractivity contribution >= 4 is 15.6 Å². The van der Waals surface area contributed by atoms with Gasteiger partial charge in [-0.25, -0.2) is 4.57 Å². The second kappa shape index (κ2) is 23.2. The van der Waals surface area contributed by atoms with Crippen molar-refractivity contribution in [2.75, 3.05) is 55.7 Å². The Bertz CT molecular complexity index is 2440. The Morgan fingerprint density at radius 1 is 0.588 bits per heavy atom. The summed E-state index contributed by atoms with van der Waals surface area (Å²) >= 11 is 0. The van der Waals surface area contributed by atoms with E-state index in [0.717, 1.165) is 88.8 Å². The number of hydrogen-bond acceptors (Lipinski definition) is 15. The fourth-order valence-corrected chi connectivity index (χ4v) is 10.8. The van der Waals surface area contributed by atoms with Gasteiger partial charge in [-0.15, -0.1) is 0 Å². The second-order valence-electron chi connectivity index (χ2n) is 18.4. The predicted octanol–water partition coefficient (Wildman–Crippen LogP) is 10.2. The Labute approximate surface area is 402 Å². The summed E-state index contributed by atoms with van der Waals surface area (Å²) in [6, 6.07) is 15.9. The molecule has 0 heterocycles. The lowest BCUT2D eigenvalue weighted by Crippen LogP contribution is -2.24. The molecule has 0 aliphatic heterocycles. The third kappa shape index (κ3) is 13.6. The molecule has 0 aromatic heterocycles. The molecule has 6 rings (SSSR count). The number of fused-ring (bicyclic) bond motifs is 6. The SMILES string of the molecule is CCN[C@H]1CCc2cc(OC)c(OC)c(OC)c2-c2ccc(COP(=O)(OC(C)(C)C)OC(C)(C)C)cc21.CCN[C@H]1CCc2cc(OC)c(OC)c(OC)c2-c2ccc(COP(=O)([O-])O)cc21. The molecular weight excluding hydrogens is 914 g/mol. The van der Waals surface area contributed by atoms with E-state index in [2.05, 4.69) is 34.2 Å². The predicted molar refractivity (Wildman–Crippen MR) is 261 cm³/mol. The molecule has 0 saturated heterocycles. The van der Waals surface area contributed by atoms with Crippen LogP contribution in [0, 0.1) is 0 Å². The van der Waals surface area contributed by atoms with Gasteiger partial charge in [-0.2, -0.15) is 0 Å². The molecule has 68 heavy (non-hydrogen) atoms. The lowest BCUT2D eigenvalue weighted by Gasteiger charge is -2.31. The van der Waals surface area contributed by atoms with E-state index < -0.39 is 26.8 Å². The highest BCUT2D eigenvalue weighted by Gasteiger charge is 2.38. The average molecular weight is 986 g/mol. The normalized spacial score (nSPS) is 16.5. The van der Waals surface area contributed by atoms with Crippen LogP contribution in [-0.4, -0.2) is 71.8 Å². The largest absolute Gasteiger partial charge is 0.756 e. The van der Waals surface area contributed by atoms with Crippen LogP contribution in [0.15, 0.2) is 48.5 Å². The van der Waals surface area contributed by atoms with Crippen molar-refractivity contribution in [3.8, 4) is 56.8 Å². The van der Waals surface area contributed by atoms with Gasteiger partial charge in [0.05, 0.1) is 67.1 Å². The number of aryl methyl sites for hydroxylation is 2. The molecule has 3 N–H and O–H groups in total. The maximum atomic E-state index is 13.6. The Morgan fingerprint density at radius 3 is 1.29 bits per heavy atom. The van der Waals surface area contributed by atoms with Crippen LogP contribution in [0.2, 0.25) is 0 Å². The molecule has 18 heteroatoms. The molecule has 0 saturated carbocycles. The summed E-state index contributed by atoms with van der Waals surface area (Å²) in [5, 5.41) is 7.12. The van der Waals surface area contributed by atoms with E-state index in [1.807, 2.05) is 78.8 Å². The van der Waals surface area contributed by atoms with Gasteiger partial charge in [-0.05, 0) is 137 Å². The van der Waals surface area contributed by atoms with Crippen LogP contribution in [0.4, 0.5) is 0 Å². The molecule has 376 valence electrons. The highest BCUT2D eigenvalue weighted by molar-refractivity contribution is 7.48. The lowest BCUT2D eigenvalue weighted by molar-refractivity contribution is -0.221. The molecule has 1 unspecified atom stereocenters. The van der Waals surface area contributed by atoms with E-state index in [1.165, 1.54) is 0 Å². The molecule has 0 bridgehead atoms. The van der Waals surface area contributed by atoms with Crippen molar-refractivity contribution in [2.45, 2.75) is 118 Å². The van der Waals surface area contributed by atoms with Gasteiger partial charge in [0, 0.05) is 23.2 Å². The Hall–Kier alpha value is -4.18. The zero-order valence-corrected chi connectivity index (χ0v) is 43.9. The van der Waals surface area contributed by atoms with Crippen molar-refractivity contribution in [3.63, 3.8) is 0 Å². The number of phosphoric ester groups is 2. The van der Waals surface area contributed by atoms with Gasteiger partial charge < -0.3 is 53.4 Å². The molecular formula is C50H71N2O14P2-. The highest BCUT2D eigenvalue weighted by atomic mass is 31.2. The van der Waals surface area contributed by atoms with Gasteiger partial charge in [-0.3, -0.25) is 18.1 Å². The maximum absolute atomic E-state index is 13.6. The minimum atomic E-state index is -4.80. The Kier molecular flexibility index (Phi) is 18.6. The van der Waals surface area contributed by atoms with Gasteiger partial charge in [0.25, 0.3) is 7.82 Å². The van der Waals surface area contributed by atoms with E-state index in [4.69, 9.17) is 46.9 Å². The number of methoxy groups -OCH3 is 6. The molecule has 3 atom stereocenters. The molecule has 0 fully saturated rings. The van der Waals surface area contributed by atoms with Gasteiger partial charge >= 0.3 is 7.82 Å². The monoisotopic (exact) mass is 985 g/mol. The summed E-state index contributed by atoms with van der Waals surface area (Å²) < 4.78 is 80.7. The van der Waals surface area contributed by atoms with Crippen LogP contribution in [0.25, 0.3) is 22.3 Å². The third-order valence-corrected chi connectivity index (χ3v) is 13.6. The first-order valence-electron chi connectivity index (χ1n) is 22.8. The smallest absolute Gasteiger partial charge is 0.476 e. The zero-order valence-electron chi connectivity index (χ0n) is 42.1. The lowest BCUT2D eigenvalue weighted by atomic mass is 9.92. The highest BCUT2D eigenvalue weighted by Crippen LogP contribution is 2.57. The molecule has 0 spiro atoms. The summed E-state index contributed by atoms with van der Waals surface area (Å²) in [7, 11) is 1.02. The van der Waals surface area contributed by atoms with E-state index in [-0.39, 0.29) is 25.3 Å². The van der Waals surface area contributed by atoms with E-state index in [9.17, 15) is 14.0 Å². The molecule has 16 nitrogen and oxygen atoms in total. The summed E-state index contributed by atoms with van der Waals surface area (Å²) in [6.07, 6.45) is 3.33. The number of nitrogens with one attached hydrogen (secondary N) is 2. The van der Waals surface area contributed by atoms with Crippen LogP contribution < -0.4 is 43.9 Å². The van der Waals surface area contributed by atoms with Crippen LogP contribution >= 0.6 is 15.6 Å². The Balaban J connectivity index is 0.000000261. The summed E-state index contributed by atoms with van der Waals surface area (Å²) in [4.78, 5) is 19.9. The van der Waals surface area contributed by atoms with E-state index in [1.54, 1.807) is 48.7 Å². The van der Waals surface area contributed by atoms with Crippen molar-refractivity contribution in [2.24, 2.45) is 0 Å². The minimum absolute atomic E-state index is 0.0484. The first kappa shape index (κ1) is 54.8. The first-order chi connectivity index (χ1) is 32.1. The maximum Gasteiger partial charge on any atom is 0.476 e. The fourth-order valence-electron chi connectivity index (χ4n) is 8.71. The number of benzene rings is 4. The topological polar surface area (TPSA) is 194 Å². The number of hydrogen-bond donors (Lipinski definition) is 3. The van der Waals surface area contributed by atoms with Crippen LogP contribution in [0.5, 0.6) is 34.5 Å². The minimum Gasteiger partial charge on any atom is -0.756 e. The zero-order chi connectivity index (χ0) is 50.2. The molecule has 2 aliphatic carbocycles.